The highest BCUT2D eigenvalue weighted by atomic mass is 16.3. The van der Waals surface area contributed by atoms with E-state index in [9.17, 15) is 9.90 Å². The molecule has 4 rings (SSSR count). The van der Waals surface area contributed by atoms with E-state index in [0.29, 0.717) is 23.4 Å². The second kappa shape index (κ2) is 5.59. The molecule has 0 aromatic carbocycles. The Labute approximate surface area is 155 Å². The summed E-state index contributed by atoms with van der Waals surface area (Å²) in [5.41, 5.74) is 13.8. The summed E-state index contributed by atoms with van der Waals surface area (Å²) in [5, 5.41) is 10.2. The number of primary amides is 1. The van der Waals surface area contributed by atoms with Crippen LogP contribution in [0.3, 0.4) is 0 Å². The Bertz CT molecular complexity index is 1110. The Morgan fingerprint density at radius 3 is 2.77 bits per heavy atom. The first-order valence-electron chi connectivity index (χ1n) is 10.1. The molecule has 7 heteroatoms. The SMILES string of the molecule is [2H]C([2H])([2H])c1nc2c(nc1C1CC1)c(C(N)=O)c(N)n2C1=C(C)C(O)=CC[C@H]1C. The number of hydrogen-bond donors (Lipinski definition) is 3. The minimum atomic E-state index is -2.46. The van der Waals surface area contributed by atoms with Gasteiger partial charge in [-0.2, -0.15) is 0 Å². The van der Waals surface area contributed by atoms with Crippen molar-refractivity contribution in [1.29, 1.82) is 0 Å². The number of aromatic nitrogens is 3. The van der Waals surface area contributed by atoms with Crippen LogP contribution >= 0.6 is 0 Å². The molecule has 0 aliphatic heterocycles. The van der Waals surface area contributed by atoms with E-state index in [1.54, 1.807) is 13.0 Å². The van der Waals surface area contributed by atoms with Gasteiger partial charge in [-0.05, 0) is 39.1 Å². The standard InChI is InChI=1S/C19H23N5O2/c1-8-4-7-12(25)9(2)16(8)24-17(20)13(18(21)26)15-19(24)22-10(3)14(23-15)11-5-6-11/h7-8,11,25H,4-6,20H2,1-3H3,(H2,21,26)/t8-/m1/s1/i3D3. The topological polar surface area (TPSA) is 120 Å². The van der Waals surface area contributed by atoms with Gasteiger partial charge in [0.1, 0.15) is 22.7 Å². The molecule has 1 atom stereocenters. The Balaban J connectivity index is 2.13. The number of aliphatic hydroxyl groups excluding tert-OH is 1. The zero-order valence-corrected chi connectivity index (χ0v) is 14.7. The summed E-state index contributed by atoms with van der Waals surface area (Å²) in [4.78, 5) is 21.2. The van der Waals surface area contributed by atoms with Crippen LogP contribution in [0.2, 0.25) is 0 Å². The van der Waals surface area contributed by atoms with Crippen molar-refractivity contribution in [3.8, 4) is 0 Å². The number of carbonyl (C=O) groups excluding carboxylic acids is 1. The smallest absolute Gasteiger partial charge is 0.254 e. The van der Waals surface area contributed by atoms with Crippen molar-refractivity contribution in [1.82, 2.24) is 14.5 Å². The van der Waals surface area contributed by atoms with Gasteiger partial charge in [-0.3, -0.25) is 9.36 Å². The first kappa shape index (κ1) is 13.4. The Kier molecular flexibility index (Phi) is 2.88. The van der Waals surface area contributed by atoms with Crippen molar-refractivity contribution in [2.75, 3.05) is 5.73 Å². The minimum Gasteiger partial charge on any atom is -0.508 e. The normalized spacial score (nSPS) is 22.8. The summed E-state index contributed by atoms with van der Waals surface area (Å²) in [5.74, 6) is -0.642. The average Bonchev–Trinajstić information content (AvgIpc) is 3.42. The van der Waals surface area contributed by atoms with E-state index in [1.807, 2.05) is 6.92 Å². The summed E-state index contributed by atoms with van der Waals surface area (Å²) in [7, 11) is 0. The van der Waals surface area contributed by atoms with Crippen LogP contribution in [0.1, 0.15) is 64.9 Å². The third-order valence-electron chi connectivity index (χ3n) is 5.20. The number of fused-ring (bicyclic) bond motifs is 1. The maximum Gasteiger partial charge on any atom is 0.254 e. The molecule has 2 aromatic rings. The van der Waals surface area contributed by atoms with Crippen molar-refractivity contribution < 1.29 is 14.0 Å². The van der Waals surface area contributed by atoms with Crippen molar-refractivity contribution in [3.63, 3.8) is 0 Å². The number of nitrogens with zero attached hydrogens (tertiary/aromatic N) is 3. The highest BCUT2D eigenvalue weighted by Crippen LogP contribution is 2.43. The van der Waals surface area contributed by atoms with Crippen molar-refractivity contribution in [2.24, 2.45) is 11.7 Å². The van der Waals surface area contributed by atoms with Crippen LogP contribution in [0.15, 0.2) is 17.4 Å². The Morgan fingerprint density at radius 1 is 1.42 bits per heavy atom. The molecule has 0 bridgehead atoms. The quantitative estimate of drug-likeness (QED) is 0.781. The van der Waals surface area contributed by atoms with Crippen LogP contribution in [-0.4, -0.2) is 25.5 Å². The lowest BCUT2D eigenvalue weighted by Gasteiger charge is -2.24. The molecule has 5 N–H and O–H groups in total. The Hall–Kier alpha value is -2.83. The molecule has 136 valence electrons. The number of rotatable bonds is 3. The van der Waals surface area contributed by atoms with Crippen LogP contribution in [0, 0.1) is 12.8 Å². The van der Waals surface area contributed by atoms with Gasteiger partial charge in [0.15, 0.2) is 5.65 Å². The number of allylic oxidation sites excluding steroid dienone is 3. The zero-order chi connectivity index (χ0) is 21.2. The van der Waals surface area contributed by atoms with Crippen LogP contribution in [0.4, 0.5) is 5.82 Å². The maximum atomic E-state index is 12.2. The van der Waals surface area contributed by atoms with Crippen LogP contribution in [0.5, 0.6) is 0 Å². The average molecular weight is 356 g/mol. The number of nitrogen functional groups attached to an aromatic ring is 1. The molecule has 26 heavy (non-hydrogen) atoms. The van der Waals surface area contributed by atoms with E-state index >= 15 is 0 Å². The number of aryl methyl sites for hydroxylation is 1. The third-order valence-corrected chi connectivity index (χ3v) is 5.20. The lowest BCUT2D eigenvalue weighted by atomic mass is 9.93. The van der Waals surface area contributed by atoms with Gasteiger partial charge in [0.05, 0.1) is 11.4 Å². The van der Waals surface area contributed by atoms with Gasteiger partial charge >= 0.3 is 0 Å². The number of carbonyl (C=O) groups is 1. The second-order valence-electron chi connectivity index (χ2n) is 7.10. The molecular formula is C19H23N5O2. The molecule has 0 saturated heterocycles. The van der Waals surface area contributed by atoms with Gasteiger partial charge in [0.25, 0.3) is 5.91 Å². The first-order valence-corrected chi connectivity index (χ1v) is 8.65. The molecule has 2 heterocycles. The highest BCUT2D eigenvalue weighted by Gasteiger charge is 2.32. The van der Waals surface area contributed by atoms with E-state index in [1.165, 1.54) is 4.57 Å². The molecule has 0 spiro atoms. The summed E-state index contributed by atoms with van der Waals surface area (Å²) < 4.78 is 25.3. The van der Waals surface area contributed by atoms with Crippen molar-refractivity contribution in [3.05, 3.63) is 34.4 Å². The molecule has 2 aliphatic rings. The van der Waals surface area contributed by atoms with Gasteiger partial charge in [-0.25, -0.2) is 9.97 Å². The predicted octanol–water partition coefficient (Wildman–Crippen LogP) is 3.01. The van der Waals surface area contributed by atoms with Gasteiger partial charge in [-0.15, -0.1) is 0 Å². The van der Waals surface area contributed by atoms with Gasteiger partial charge in [-0.1, -0.05) is 6.92 Å². The third kappa shape index (κ3) is 2.30. The van der Waals surface area contributed by atoms with Crippen LogP contribution in [-0.2, 0) is 0 Å². The largest absolute Gasteiger partial charge is 0.508 e. The number of anilines is 1. The molecule has 1 saturated carbocycles. The molecule has 0 unspecified atom stereocenters. The molecule has 7 nitrogen and oxygen atoms in total. The number of nitrogens with two attached hydrogens (primary N) is 2. The predicted molar refractivity (Wildman–Crippen MR) is 101 cm³/mol. The molecule has 1 amide bonds. The van der Waals surface area contributed by atoms with Crippen LogP contribution < -0.4 is 11.5 Å². The fraction of sp³-hybridized carbons (Fsp3) is 0.421. The second-order valence-corrected chi connectivity index (χ2v) is 7.10. The van der Waals surface area contributed by atoms with Crippen molar-refractivity contribution in [2.45, 2.75) is 45.9 Å². The summed E-state index contributed by atoms with van der Waals surface area (Å²) >= 11 is 0. The van der Waals surface area contributed by atoms with Crippen molar-refractivity contribution >= 4 is 28.6 Å². The zero-order valence-electron chi connectivity index (χ0n) is 17.7. The van der Waals surface area contributed by atoms with Crippen LogP contribution in [0.25, 0.3) is 16.9 Å². The number of amides is 1. The fourth-order valence-corrected chi connectivity index (χ4v) is 3.68. The highest BCUT2D eigenvalue weighted by molar-refractivity contribution is 6.10. The van der Waals surface area contributed by atoms with Gasteiger partial charge in [0, 0.05) is 27.2 Å². The molecule has 2 aliphatic carbocycles. The summed E-state index contributed by atoms with van der Waals surface area (Å²) in [6.07, 6.45) is 3.92. The molecule has 2 aromatic heterocycles. The van der Waals surface area contributed by atoms with E-state index in [2.05, 4.69) is 9.97 Å². The Morgan fingerprint density at radius 2 is 2.15 bits per heavy atom. The minimum absolute atomic E-state index is 0.00848. The monoisotopic (exact) mass is 356 g/mol. The summed E-state index contributed by atoms with van der Waals surface area (Å²) in [6, 6.07) is 0. The first-order chi connectivity index (χ1) is 13.5. The van der Waals surface area contributed by atoms with E-state index in [-0.39, 0.29) is 45.8 Å². The lowest BCUT2D eigenvalue weighted by Crippen LogP contribution is -2.17. The molecular weight excluding hydrogens is 330 g/mol. The fourth-order valence-electron chi connectivity index (χ4n) is 3.68. The lowest BCUT2D eigenvalue weighted by molar-refractivity contribution is 0.100. The van der Waals surface area contributed by atoms with E-state index in [0.717, 1.165) is 12.8 Å². The van der Waals surface area contributed by atoms with Gasteiger partial charge < -0.3 is 16.6 Å². The summed E-state index contributed by atoms with van der Waals surface area (Å²) in [6.45, 7) is 1.23. The molecule has 0 radical (unpaired) electrons. The van der Waals surface area contributed by atoms with Gasteiger partial charge in [0.2, 0.25) is 0 Å². The number of aliphatic hydroxyl groups is 1. The van der Waals surface area contributed by atoms with E-state index < -0.39 is 12.8 Å². The maximum absolute atomic E-state index is 12.2. The number of hydrogen-bond acceptors (Lipinski definition) is 5. The van der Waals surface area contributed by atoms with E-state index in [4.69, 9.17) is 15.6 Å². The molecule has 1 fully saturated rings.